The Balaban J connectivity index is 1.25. The average molecular weight is 591 g/mol. The molecule has 45 heavy (non-hydrogen) atoms. The lowest BCUT2D eigenvalue weighted by Crippen LogP contribution is -2.30. The van der Waals surface area contributed by atoms with Crippen LogP contribution >= 0.6 is 0 Å². The first-order valence-corrected chi connectivity index (χ1v) is 15.5. The fourth-order valence-electron chi connectivity index (χ4n) is 6.14. The van der Waals surface area contributed by atoms with Gasteiger partial charge < -0.3 is 4.74 Å². The van der Waals surface area contributed by atoms with Crippen molar-refractivity contribution in [3.05, 3.63) is 138 Å². The molecule has 4 aromatic carbocycles. The van der Waals surface area contributed by atoms with Crippen LogP contribution in [0.25, 0.3) is 39.0 Å². The molecule has 0 N–H and O–H groups in total. The van der Waals surface area contributed by atoms with Gasteiger partial charge in [0.25, 0.3) is 6.33 Å². The van der Waals surface area contributed by atoms with Gasteiger partial charge in [-0.3, -0.25) is 13.7 Å². The first-order chi connectivity index (χ1) is 21.6. The average Bonchev–Trinajstić information content (AvgIpc) is 3.65. The molecule has 3 heterocycles. The van der Waals surface area contributed by atoms with Gasteiger partial charge in [-0.15, -0.1) is 0 Å². The number of para-hydroxylation sites is 1. The van der Waals surface area contributed by atoms with Gasteiger partial charge in [0.15, 0.2) is 0 Å². The Labute approximate surface area is 265 Å². The summed E-state index contributed by atoms with van der Waals surface area (Å²) in [6.07, 6.45) is 9.50. The number of fused-ring (bicyclic) bond motifs is 3. The fraction of sp³-hybridized carbons (Fsp3) is 0.200. The zero-order valence-corrected chi connectivity index (χ0v) is 27.0. The first-order valence-electron chi connectivity index (χ1n) is 15.5. The van der Waals surface area contributed by atoms with Gasteiger partial charge in [-0.05, 0) is 110 Å². The maximum absolute atomic E-state index is 6.50. The summed E-state index contributed by atoms with van der Waals surface area (Å²) in [6.45, 7) is 15.4. The number of imidazole rings is 1. The van der Waals surface area contributed by atoms with Crippen molar-refractivity contribution in [3.63, 3.8) is 0 Å². The van der Waals surface area contributed by atoms with Crippen molar-refractivity contribution in [1.29, 1.82) is 0 Å². The largest absolute Gasteiger partial charge is 0.458 e. The lowest BCUT2D eigenvalue weighted by molar-refractivity contribution is -0.599. The minimum Gasteiger partial charge on any atom is -0.458 e. The molecular formula is C40H38N4O. The number of benzene rings is 4. The zero-order chi connectivity index (χ0) is 31.5. The van der Waals surface area contributed by atoms with Crippen molar-refractivity contribution in [3.8, 4) is 28.7 Å². The van der Waals surface area contributed by atoms with E-state index in [0.29, 0.717) is 0 Å². The van der Waals surface area contributed by atoms with Crippen LogP contribution in [0.4, 0.5) is 0 Å². The third-order valence-corrected chi connectivity index (χ3v) is 9.11. The van der Waals surface area contributed by atoms with Crippen LogP contribution in [-0.2, 0) is 5.41 Å². The van der Waals surface area contributed by atoms with Gasteiger partial charge in [-0.25, -0.2) is 4.98 Å². The van der Waals surface area contributed by atoms with Gasteiger partial charge in [-0.1, -0.05) is 50.6 Å². The van der Waals surface area contributed by atoms with Gasteiger partial charge in [-0.2, -0.15) is 0 Å². The van der Waals surface area contributed by atoms with Crippen molar-refractivity contribution in [2.45, 2.75) is 53.9 Å². The number of ether oxygens (including phenoxy) is 1. The molecule has 3 aromatic heterocycles. The second-order valence-corrected chi connectivity index (χ2v) is 13.0. The number of pyridine rings is 1. The van der Waals surface area contributed by atoms with E-state index < -0.39 is 0 Å². The van der Waals surface area contributed by atoms with E-state index in [1.807, 2.05) is 41.2 Å². The predicted molar refractivity (Wildman–Crippen MR) is 182 cm³/mol. The standard InChI is InChI=1S/C40H38N4O/c1-26-21-37(29(4)28(3)27(26)2)43-20-19-42(25-43)31-11-10-12-32(23-31)45-33-15-16-35-34-13-8-9-14-36(34)44(38(35)24-33)39-22-30(17-18-41-39)40(5,6)7/h8-24H,1-7H3. The number of aromatic nitrogens is 4. The molecule has 0 spiro atoms. The molecule has 0 bridgehead atoms. The molecule has 0 amide bonds. The van der Waals surface area contributed by atoms with E-state index in [4.69, 9.17) is 9.72 Å². The van der Waals surface area contributed by atoms with Gasteiger partial charge in [0.05, 0.1) is 22.4 Å². The molecule has 0 aliphatic carbocycles. The maximum atomic E-state index is 6.50. The summed E-state index contributed by atoms with van der Waals surface area (Å²) < 4.78 is 12.8. The molecule has 5 nitrogen and oxygen atoms in total. The van der Waals surface area contributed by atoms with Gasteiger partial charge in [0.1, 0.15) is 17.3 Å². The molecule has 5 heteroatoms. The highest BCUT2D eigenvalue weighted by atomic mass is 16.5. The Morgan fingerprint density at radius 2 is 1.51 bits per heavy atom. The normalized spacial score (nSPS) is 11.9. The number of aryl methyl sites for hydroxylation is 1. The van der Waals surface area contributed by atoms with E-state index >= 15 is 0 Å². The molecule has 224 valence electrons. The van der Waals surface area contributed by atoms with E-state index in [2.05, 4.69) is 131 Å². The lowest BCUT2D eigenvalue weighted by Gasteiger charge is -2.20. The number of hydrogen-bond acceptors (Lipinski definition) is 2. The summed E-state index contributed by atoms with van der Waals surface area (Å²) in [4.78, 5) is 4.81. The topological polar surface area (TPSA) is 35.9 Å². The summed E-state index contributed by atoms with van der Waals surface area (Å²) in [5, 5.41) is 2.35. The summed E-state index contributed by atoms with van der Waals surface area (Å²) in [5.74, 6) is 2.43. The molecule has 0 aliphatic rings. The second-order valence-electron chi connectivity index (χ2n) is 13.0. The number of hydrogen-bond donors (Lipinski definition) is 0. The van der Waals surface area contributed by atoms with E-state index in [0.717, 1.165) is 45.1 Å². The lowest BCUT2D eigenvalue weighted by atomic mass is 9.88. The molecule has 0 fully saturated rings. The van der Waals surface area contributed by atoms with Gasteiger partial charge >= 0.3 is 0 Å². The number of rotatable bonds is 5. The van der Waals surface area contributed by atoms with Crippen LogP contribution in [0, 0.1) is 34.0 Å². The quantitative estimate of drug-likeness (QED) is 0.148. The molecular weight excluding hydrogens is 552 g/mol. The van der Waals surface area contributed by atoms with Crippen molar-refractivity contribution < 1.29 is 9.30 Å². The van der Waals surface area contributed by atoms with Crippen LogP contribution in [0.5, 0.6) is 11.5 Å². The van der Waals surface area contributed by atoms with Crippen molar-refractivity contribution in [1.82, 2.24) is 14.1 Å². The highest BCUT2D eigenvalue weighted by molar-refractivity contribution is 6.09. The Bertz CT molecular complexity index is 2230. The van der Waals surface area contributed by atoms with Crippen molar-refractivity contribution in [2.75, 3.05) is 0 Å². The fourth-order valence-corrected chi connectivity index (χ4v) is 6.14. The Kier molecular flexibility index (Phi) is 6.85. The zero-order valence-electron chi connectivity index (χ0n) is 27.0. The molecule has 7 rings (SSSR count). The summed E-state index contributed by atoms with van der Waals surface area (Å²) in [7, 11) is 0. The SMILES string of the molecule is Cc1cc(-[n+]2[c-]n(-c3cccc(Oc4ccc5c6ccccc6n(-c6cc(C(C)(C)C)ccn6)c5c4)c3)cc2)c(C)c(C)c1C. The second kappa shape index (κ2) is 10.8. The molecule has 7 aromatic rings. The summed E-state index contributed by atoms with van der Waals surface area (Å²) >= 11 is 0. The van der Waals surface area contributed by atoms with Crippen LogP contribution in [0.2, 0.25) is 0 Å². The molecule has 0 radical (unpaired) electrons. The van der Waals surface area contributed by atoms with Crippen molar-refractivity contribution in [2.24, 2.45) is 0 Å². The molecule has 0 aliphatic heterocycles. The van der Waals surface area contributed by atoms with Crippen LogP contribution in [0.1, 0.15) is 48.6 Å². The van der Waals surface area contributed by atoms with Crippen LogP contribution in [-0.4, -0.2) is 14.1 Å². The van der Waals surface area contributed by atoms with E-state index in [-0.39, 0.29) is 5.41 Å². The third kappa shape index (κ3) is 5.08. The Morgan fingerprint density at radius 1 is 0.733 bits per heavy atom. The molecule has 0 saturated carbocycles. The predicted octanol–water partition coefficient (Wildman–Crippen LogP) is 9.37. The van der Waals surface area contributed by atoms with Crippen LogP contribution in [0.3, 0.4) is 0 Å². The van der Waals surface area contributed by atoms with E-state index in [9.17, 15) is 0 Å². The van der Waals surface area contributed by atoms with Gasteiger partial charge in [0, 0.05) is 35.4 Å². The monoisotopic (exact) mass is 590 g/mol. The van der Waals surface area contributed by atoms with Crippen LogP contribution in [0.15, 0.2) is 104 Å². The molecule has 0 atom stereocenters. The maximum Gasteiger partial charge on any atom is 0.268 e. The van der Waals surface area contributed by atoms with Crippen molar-refractivity contribution >= 4 is 21.8 Å². The highest BCUT2D eigenvalue weighted by Crippen LogP contribution is 2.36. The smallest absolute Gasteiger partial charge is 0.268 e. The van der Waals surface area contributed by atoms with Gasteiger partial charge in [0.2, 0.25) is 0 Å². The van der Waals surface area contributed by atoms with E-state index in [1.165, 1.54) is 33.2 Å². The summed E-state index contributed by atoms with van der Waals surface area (Å²) in [6, 6.07) is 29.5. The Morgan fingerprint density at radius 3 is 2.33 bits per heavy atom. The van der Waals surface area contributed by atoms with Crippen LogP contribution < -0.4 is 9.30 Å². The molecule has 0 unspecified atom stereocenters. The highest BCUT2D eigenvalue weighted by Gasteiger charge is 2.18. The third-order valence-electron chi connectivity index (χ3n) is 9.11. The Hall–Kier alpha value is -5.16. The number of nitrogens with zero attached hydrogens (tertiary/aromatic N) is 4. The first kappa shape index (κ1) is 28.6. The minimum absolute atomic E-state index is 0.0169. The summed E-state index contributed by atoms with van der Waals surface area (Å²) in [5.41, 5.74) is 10.8. The molecule has 0 saturated heterocycles. The minimum atomic E-state index is 0.0169. The van der Waals surface area contributed by atoms with E-state index in [1.54, 1.807) is 0 Å².